The van der Waals surface area contributed by atoms with Gasteiger partial charge in [-0.25, -0.2) is 10.7 Å². The number of hydrogen-bond donors (Lipinski definition) is 1. The zero-order valence-electron chi connectivity index (χ0n) is 10.4. The van der Waals surface area contributed by atoms with Crippen LogP contribution in [0.3, 0.4) is 0 Å². The van der Waals surface area contributed by atoms with Gasteiger partial charge in [-0.05, 0) is 30.6 Å². The highest BCUT2D eigenvalue weighted by Gasteiger charge is 2.33. The highest BCUT2D eigenvalue weighted by Crippen LogP contribution is 2.35. The molecule has 0 aromatic rings. The number of carbonyl (C=O) groups excluding carboxylic acids is 1. The summed E-state index contributed by atoms with van der Waals surface area (Å²) in [4.78, 5) is 15.7. The fourth-order valence-corrected chi connectivity index (χ4v) is 2.52. The summed E-state index contributed by atoms with van der Waals surface area (Å²) in [5.74, 6) is 6.15. The molecule has 0 saturated heterocycles. The second kappa shape index (κ2) is 6.21. The van der Waals surface area contributed by atoms with Gasteiger partial charge in [0.2, 0.25) is 0 Å². The van der Waals surface area contributed by atoms with E-state index >= 15 is 0 Å². The van der Waals surface area contributed by atoms with Gasteiger partial charge < -0.3 is 4.74 Å². The Morgan fingerprint density at radius 1 is 1.44 bits per heavy atom. The Morgan fingerprint density at radius 2 is 2.12 bits per heavy atom. The molecule has 0 aromatic carbocycles. The molecular formula is C12H23NO3. The minimum absolute atomic E-state index is 0.0337. The van der Waals surface area contributed by atoms with Crippen LogP contribution in [0.5, 0.6) is 0 Å². The van der Waals surface area contributed by atoms with E-state index in [2.05, 4.69) is 25.6 Å². The van der Waals surface area contributed by atoms with Crippen LogP contribution in [0.4, 0.5) is 0 Å². The molecule has 1 aliphatic rings. The van der Waals surface area contributed by atoms with E-state index in [1.807, 2.05) is 0 Å². The first kappa shape index (κ1) is 13.5. The summed E-state index contributed by atoms with van der Waals surface area (Å²) in [6, 6.07) is 0. The number of hydrogen-bond acceptors (Lipinski definition) is 4. The smallest absolute Gasteiger partial charge is 0.334 e. The summed E-state index contributed by atoms with van der Waals surface area (Å²) in [5.41, 5.74) is 0. The number of ether oxygens (including phenoxy) is 1. The van der Waals surface area contributed by atoms with Crippen LogP contribution >= 0.6 is 0 Å². The first-order valence-electron chi connectivity index (χ1n) is 6.05. The molecule has 1 rings (SSSR count). The SMILES string of the molecule is CC1CCC(C(C)C)C(OC(=O)CON)C1. The molecule has 4 heteroatoms. The molecule has 0 aromatic heterocycles. The van der Waals surface area contributed by atoms with Crippen LogP contribution in [0.15, 0.2) is 0 Å². The van der Waals surface area contributed by atoms with E-state index in [0.29, 0.717) is 17.8 Å². The van der Waals surface area contributed by atoms with Crippen LogP contribution in [0.2, 0.25) is 0 Å². The van der Waals surface area contributed by atoms with Crippen molar-refractivity contribution in [2.75, 3.05) is 6.61 Å². The van der Waals surface area contributed by atoms with E-state index in [1.54, 1.807) is 0 Å². The van der Waals surface area contributed by atoms with Gasteiger partial charge in [0.15, 0.2) is 6.61 Å². The van der Waals surface area contributed by atoms with Gasteiger partial charge >= 0.3 is 5.97 Å². The average Bonchev–Trinajstić information content (AvgIpc) is 2.17. The lowest BCUT2D eigenvalue weighted by Gasteiger charge is -2.36. The number of rotatable bonds is 4. The van der Waals surface area contributed by atoms with Crippen LogP contribution in [0, 0.1) is 17.8 Å². The third kappa shape index (κ3) is 3.76. The molecular weight excluding hydrogens is 206 g/mol. The van der Waals surface area contributed by atoms with E-state index < -0.39 is 0 Å². The lowest BCUT2D eigenvalue weighted by atomic mass is 9.75. The molecule has 3 unspecified atom stereocenters. The van der Waals surface area contributed by atoms with Crippen LogP contribution in [-0.4, -0.2) is 18.7 Å². The number of carbonyl (C=O) groups is 1. The van der Waals surface area contributed by atoms with E-state index in [-0.39, 0.29) is 18.7 Å². The maximum Gasteiger partial charge on any atom is 0.334 e. The van der Waals surface area contributed by atoms with Gasteiger partial charge in [0.05, 0.1) is 0 Å². The third-order valence-electron chi connectivity index (χ3n) is 3.45. The lowest BCUT2D eigenvalue weighted by molar-refractivity contribution is -0.161. The molecule has 0 amide bonds. The Bertz CT molecular complexity index is 230. The Morgan fingerprint density at radius 3 is 2.69 bits per heavy atom. The Hall–Kier alpha value is -0.610. The minimum atomic E-state index is -0.354. The molecule has 0 aliphatic heterocycles. The van der Waals surface area contributed by atoms with Gasteiger partial charge in [-0.1, -0.05) is 27.2 Å². The van der Waals surface area contributed by atoms with Crippen LogP contribution in [0.25, 0.3) is 0 Å². The van der Waals surface area contributed by atoms with E-state index in [0.717, 1.165) is 12.8 Å². The number of nitrogens with two attached hydrogens (primary N) is 1. The standard InChI is InChI=1S/C12H23NO3/c1-8(2)10-5-4-9(3)6-11(10)16-12(14)7-15-13/h8-11H,4-7,13H2,1-3H3. The molecule has 0 heterocycles. The van der Waals surface area contributed by atoms with E-state index in [4.69, 9.17) is 10.6 Å². The monoisotopic (exact) mass is 229 g/mol. The molecule has 0 bridgehead atoms. The fourth-order valence-electron chi connectivity index (χ4n) is 2.52. The van der Waals surface area contributed by atoms with Crippen molar-refractivity contribution in [1.82, 2.24) is 0 Å². The van der Waals surface area contributed by atoms with Gasteiger partial charge in [-0.15, -0.1) is 0 Å². The summed E-state index contributed by atoms with van der Waals surface area (Å²) in [7, 11) is 0. The van der Waals surface area contributed by atoms with Gasteiger partial charge in [0.25, 0.3) is 0 Å². The second-order valence-electron chi connectivity index (χ2n) is 5.17. The number of esters is 1. The zero-order chi connectivity index (χ0) is 12.1. The van der Waals surface area contributed by atoms with Crippen molar-refractivity contribution >= 4 is 5.97 Å². The predicted octanol–water partition coefficient (Wildman–Crippen LogP) is 1.88. The molecule has 0 spiro atoms. The molecule has 0 radical (unpaired) electrons. The zero-order valence-corrected chi connectivity index (χ0v) is 10.4. The summed E-state index contributed by atoms with van der Waals surface area (Å²) >= 11 is 0. The minimum Gasteiger partial charge on any atom is -0.460 e. The first-order valence-corrected chi connectivity index (χ1v) is 6.05. The van der Waals surface area contributed by atoms with E-state index in [9.17, 15) is 4.79 Å². The summed E-state index contributed by atoms with van der Waals surface area (Å²) in [6.07, 6.45) is 3.36. The maximum atomic E-state index is 11.4. The van der Waals surface area contributed by atoms with Crippen molar-refractivity contribution in [3.05, 3.63) is 0 Å². The topological polar surface area (TPSA) is 61.5 Å². The largest absolute Gasteiger partial charge is 0.460 e. The molecule has 94 valence electrons. The fraction of sp³-hybridized carbons (Fsp3) is 0.917. The second-order valence-corrected chi connectivity index (χ2v) is 5.17. The molecule has 2 N–H and O–H groups in total. The van der Waals surface area contributed by atoms with Crippen LogP contribution in [0.1, 0.15) is 40.0 Å². The quantitative estimate of drug-likeness (QED) is 0.590. The summed E-state index contributed by atoms with van der Waals surface area (Å²) < 4.78 is 5.43. The normalized spacial score (nSPS) is 30.4. The van der Waals surface area contributed by atoms with Crippen LogP contribution < -0.4 is 5.90 Å². The summed E-state index contributed by atoms with van der Waals surface area (Å²) in [6.45, 7) is 6.41. The molecule has 16 heavy (non-hydrogen) atoms. The van der Waals surface area contributed by atoms with Crippen LogP contribution in [-0.2, 0) is 14.4 Å². The van der Waals surface area contributed by atoms with Crippen molar-refractivity contribution in [3.8, 4) is 0 Å². The molecule has 1 saturated carbocycles. The maximum absolute atomic E-state index is 11.4. The van der Waals surface area contributed by atoms with Crippen molar-refractivity contribution in [1.29, 1.82) is 0 Å². The molecule has 1 fully saturated rings. The lowest BCUT2D eigenvalue weighted by Crippen LogP contribution is -2.36. The molecule has 4 nitrogen and oxygen atoms in total. The average molecular weight is 229 g/mol. The Kier molecular flexibility index (Phi) is 5.22. The molecule has 1 aliphatic carbocycles. The Labute approximate surface area is 97.4 Å². The molecule has 3 atom stereocenters. The van der Waals surface area contributed by atoms with Gasteiger partial charge in [0.1, 0.15) is 6.10 Å². The van der Waals surface area contributed by atoms with Crippen molar-refractivity contribution in [2.24, 2.45) is 23.7 Å². The highest BCUT2D eigenvalue weighted by atomic mass is 16.6. The van der Waals surface area contributed by atoms with Crippen molar-refractivity contribution in [3.63, 3.8) is 0 Å². The highest BCUT2D eigenvalue weighted by molar-refractivity contribution is 5.70. The third-order valence-corrected chi connectivity index (χ3v) is 3.45. The van der Waals surface area contributed by atoms with Gasteiger partial charge in [-0.2, -0.15) is 0 Å². The predicted molar refractivity (Wildman–Crippen MR) is 61.4 cm³/mol. The first-order chi connectivity index (χ1) is 7.54. The van der Waals surface area contributed by atoms with Gasteiger partial charge in [0, 0.05) is 0 Å². The van der Waals surface area contributed by atoms with Crippen molar-refractivity contribution in [2.45, 2.75) is 46.1 Å². The van der Waals surface area contributed by atoms with Gasteiger partial charge in [-0.3, -0.25) is 4.84 Å². The van der Waals surface area contributed by atoms with E-state index in [1.165, 1.54) is 6.42 Å². The summed E-state index contributed by atoms with van der Waals surface area (Å²) in [5, 5.41) is 0. The Balaban J connectivity index is 2.54. The van der Waals surface area contributed by atoms with Crippen molar-refractivity contribution < 1.29 is 14.4 Å².